The van der Waals surface area contributed by atoms with Gasteiger partial charge in [0.2, 0.25) is 0 Å². The Bertz CT molecular complexity index is 460. The number of benzene rings is 1. The fourth-order valence-corrected chi connectivity index (χ4v) is 1.59. The van der Waals surface area contributed by atoms with Crippen molar-refractivity contribution < 1.29 is 9.53 Å². The number of methoxy groups -OCH3 is 1. The topological polar surface area (TPSA) is 62.7 Å². The summed E-state index contributed by atoms with van der Waals surface area (Å²) in [6, 6.07) is 7.69. The van der Waals surface area contributed by atoms with Crippen LogP contribution >= 0.6 is 24.0 Å². The van der Waals surface area contributed by atoms with Crippen LogP contribution in [0.25, 0.3) is 0 Å². The molecular weight excluding hydrogens is 381 g/mol. The van der Waals surface area contributed by atoms with E-state index in [4.69, 9.17) is 0 Å². The molecule has 1 unspecified atom stereocenters. The van der Waals surface area contributed by atoms with Gasteiger partial charge in [-0.3, -0.25) is 4.99 Å². The molecule has 118 valence electrons. The molecule has 0 aliphatic heterocycles. The van der Waals surface area contributed by atoms with Crippen LogP contribution in [0, 0.1) is 0 Å². The summed E-state index contributed by atoms with van der Waals surface area (Å²) >= 11 is 0. The van der Waals surface area contributed by atoms with Gasteiger partial charge in [0.05, 0.1) is 12.7 Å². The number of ether oxygens (including phenoxy) is 1. The van der Waals surface area contributed by atoms with E-state index in [1.165, 1.54) is 7.11 Å². The lowest BCUT2D eigenvalue weighted by Crippen LogP contribution is -2.41. The van der Waals surface area contributed by atoms with Crippen LogP contribution in [0.4, 0.5) is 0 Å². The summed E-state index contributed by atoms with van der Waals surface area (Å²) in [4.78, 5) is 15.5. The minimum absolute atomic E-state index is 0. The van der Waals surface area contributed by atoms with Crippen LogP contribution < -0.4 is 10.6 Å². The second-order valence-corrected chi connectivity index (χ2v) is 4.57. The minimum Gasteiger partial charge on any atom is -0.465 e. The highest BCUT2D eigenvalue weighted by Gasteiger charge is 2.05. The van der Waals surface area contributed by atoms with Gasteiger partial charge >= 0.3 is 5.97 Å². The lowest BCUT2D eigenvalue weighted by molar-refractivity contribution is 0.0600. The Kier molecular flexibility index (Phi) is 9.77. The molecule has 0 heterocycles. The average molecular weight is 405 g/mol. The van der Waals surface area contributed by atoms with E-state index in [0.29, 0.717) is 18.2 Å². The summed E-state index contributed by atoms with van der Waals surface area (Å²) in [5, 5.41) is 6.53. The van der Waals surface area contributed by atoms with Crippen LogP contribution in [0.5, 0.6) is 0 Å². The molecule has 0 aliphatic carbocycles. The number of aliphatic imine (C=N–C) groups is 1. The van der Waals surface area contributed by atoms with E-state index in [0.717, 1.165) is 17.9 Å². The zero-order valence-electron chi connectivity index (χ0n) is 13.0. The average Bonchev–Trinajstić information content (AvgIpc) is 2.50. The first-order chi connectivity index (χ1) is 9.60. The largest absolute Gasteiger partial charge is 0.465 e. The predicted molar refractivity (Wildman–Crippen MR) is 96.3 cm³/mol. The maximum atomic E-state index is 11.3. The molecule has 0 amide bonds. The van der Waals surface area contributed by atoms with Crippen molar-refractivity contribution in [2.24, 2.45) is 4.99 Å². The normalized spacial score (nSPS) is 12.1. The molecule has 0 saturated heterocycles. The molecule has 1 rings (SSSR count). The van der Waals surface area contributed by atoms with Gasteiger partial charge in [-0.05, 0) is 31.0 Å². The van der Waals surface area contributed by atoms with E-state index < -0.39 is 0 Å². The Morgan fingerprint density at radius 3 is 2.43 bits per heavy atom. The van der Waals surface area contributed by atoms with E-state index in [-0.39, 0.29) is 29.9 Å². The van der Waals surface area contributed by atoms with Crippen LogP contribution in [0.2, 0.25) is 0 Å². The molecular formula is C15H24IN3O2. The standard InChI is InChI=1S/C15H23N3O2.HI/c1-5-11(2)18-15(16-3)17-10-12-6-8-13(9-7-12)14(19)20-4;/h6-9,11H,5,10H2,1-4H3,(H2,16,17,18);1H. The lowest BCUT2D eigenvalue weighted by Gasteiger charge is -2.16. The van der Waals surface area contributed by atoms with Gasteiger partial charge in [-0.25, -0.2) is 4.79 Å². The highest BCUT2D eigenvalue weighted by atomic mass is 127. The summed E-state index contributed by atoms with van der Waals surface area (Å²) in [5.41, 5.74) is 1.63. The maximum Gasteiger partial charge on any atom is 0.337 e. The first-order valence-electron chi connectivity index (χ1n) is 6.75. The van der Waals surface area contributed by atoms with E-state index in [1.807, 2.05) is 12.1 Å². The summed E-state index contributed by atoms with van der Waals surface area (Å²) in [6.07, 6.45) is 1.04. The Morgan fingerprint density at radius 2 is 1.95 bits per heavy atom. The van der Waals surface area contributed by atoms with Crippen molar-refractivity contribution in [3.05, 3.63) is 35.4 Å². The molecule has 6 heteroatoms. The quantitative estimate of drug-likeness (QED) is 0.342. The smallest absolute Gasteiger partial charge is 0.337 e. The first kappa shape index (κ1) is 19.7. The third kappa shape index (κ3) is 6.79. The zero-order chi connectivity index (χ0) is 15.0. The van der Waals surface area contributed by atoms with Crippen LogP contribution in [0.3, 0.4) is 0 Å². The van der Waals surface area contributed by atoms with Crippen molar-refractivity contribution in [1.29, 1.82) is 0 Å². The number of halogens is 1. The molecule has 0 bridgehead atoms. The fraction of sp³-hybridized carbons (Fsp3) is 0.467. The molecule has 21 heavy (non-hydrogen) atoms. The van der Waals surface area contributed by atoms with E-state index in [1.54, 1.807) is 19.2 Å². The van der Waals surface area contributed by atoms with E-state index >= 15 is 0 Å². The van der Waals surface area contributed by atoms with E-state index in [2.05, 4.69) is 34.2 Å². The first-order valence-corrected chi connectivity index (χ1v) is 6.75. The Morgan fingerprint density at radius 1 is 1.33 bits per heavy atom. The molecule has 0 aliphatic rings. The Labute approximate surface area is 143 Å². The molecule has 5 nitrogen and oxygen atoms in total. The zero-order valence-corrected chi connectivity index (χ0v) is 15.3. The van der Waals surface area contributed by atoms with Crippen LogP contribution in [-0.2, 0) is 11.3 Å². The predicted octanol–water partition coefficient (Wildman–Crippen LogP) is 2.55. The third-order valence-electron chi connectivity index (χ3n) is 3.05. The van der Waals surface area contributed by atoms with Crippen molar-refractivity contribution in [2.75, 3.05) is 14.2 Å². The maximum absolute atomic E-state index is 11.3. The number of rotatable bonds is 5. The molecule has 1 atom stereocenters. The number of carbonyl (C=O) groups is 1. The number of guanidine groups is 1. The summed E-state index contributed by atoms with van der Waals surface area (Å²) in [6.45, 7) is 4.88. The number of esters is 1. The van der Waals surface area contributed by atoms with Crippen molar-refractivity contribution in [3.8, 4) is 0 Å². The van der Waals surface area contributed by atoms with Crippen LogP contribution in [-0.4, -0.2) is 32.1 Å². The second-order valence-electron chi connectivity index (χ2n) is 4.57. The number of hydrogen-bond donors (Lipinski definition) is 2. The number of carbonyl (C=O) groups excluding carboxylic acids is 1. The fourth-order valence-electron chi connectivity index (χ4n) is 1.59. The molecule has 0 spiro atoms. The lowest BCUT2D eigenvalue weighted by atomic mass is 10.1. The Hall–Kier alpha value is -1.31. The SMILES string of the molecule is CCC(C)NC(=NC)NCc1ccc(C(=O)OC)cc1.I. The highest BCUT2D eigenvalue weighted by molar-refractivity contribution is 14.0. The Balaban J connectivity index is 0.00000400. The molecule has 0 radical (unpaired) electrons. The summed E-state index contributed by atoms with van der Waals surface area (Å²) < 4.78 is 4.66. The number of nitrogens with zero attached hydrogens (tertiary/aromatic N) is 1. The van der Waals surface area contributed by atoms with Crippen LogP contribution in [0.15, 0.2) is 29.3 Å². The summed E-state index contributed by atoms with van der Waals surface area (Å²) in [5.74, 6) is 0.454. The molecule has 1 aromatic rings. The molecule has 2 N–H and O–H groups in total. The third-order valence-corrected chi connectivity index (χ3v) is 3.05. The van der Waals surface area contributed by atoms with Gasteiger partial charge in [-0.15, -0.1) is 24.0 Å². The van der Waals surface area contributed by atoms with Gasteiger partial charge < -0.3 is 15.4 Å². The molecule has 0 aromatic heterocycles. The van der Waals surface area contributed by atoms with Gasteiger partial charge in [-0.2, -0.15) is 0 Å². The monoisotopic (exact) mass is 405 g/mol. The number of hydrogen-bond acceptors (Lipinski definition) is 3. The number of nitrogens with one attached hydrogen (secondary N) is 2. The van der Waals surface area contributed by atoms with Crippen molar-refractivity contribution in [1.82, 2.24) is 10.6 Å². The van der Waals surface area contributed by atoms with Gasteiger partial charge in [0.1, 0.15) is 0 Å². The summed E-state index contributed by atoms with van der Waals surface area (Å²) in [7, 11) is 3.13. The minimum atomic E-state index is -0.321. The van der Waals surface area contributed by atoms with Crippen LogP contribution in [0.1, 0.15) is 36.2 Å². The van der Waals surface area contributed by atoms with Gasteiger partial charge in [-0.1, -0.05) is 19.1 Å². The second kappa shape index (κ2) is 10.4. The van der Waals surface area contributed by atoms with Gasteiger partial charge in [0, 0.05) is 19.6 Å². The van der Waals surface area contributed by atoms with Crippen molar-refractivity contribution in [2.45, 2.75) is 32.9 Å². The van der Waals surface area contributed by atoms with Gasteiger partial charge in [0.15, 0.2) is 5.96 Å². The molecule has 0 fully saturated rings. The van der Waals surface area contributed by atoms with Crippen molar-refractivity contribution >= 4 is 35.9 Å². The van der Waals surface area contributed by atoms with Crippen molar-refractivity contribution in [3.63, 3.8) is 0 Å². The molecule has 1 aromatic carbocycles. The highest BCUT2D eigenvalue weighted by Crippen LogP contribution is 2.05. The van der Waals surface area contributed by atoms with E-state index in [9.17, 15) is 4.79 Å². The molecule has 0 saturated carbocycles. The van der Waals surface area contributed by atoms with Gasteiger partial charge in [0.25, 0.3) is 0 Å².